The van der Waals surface area contributed by atoms with Crippen LogP contribution in [0.4, 0.5) is 0 Å². The van der Waals surface area contributed by atoms with Crippen molar-refractivity contribution in [2.24, 2.45) is 0 Å². The van der Waals surface area contributed by atoms with Crippen molar-refractivity contribution in [2.45, 2.75) is 44.6 Å². The zero-order valence-electron chi connectivity index (χ0n) is 11.7. The highest BCUT2D eigenvalue weighted by atomic mass is 16.2. The number of piperidine rings is 1. The number of carbonyl (C=O) groups excluding carboxylic acids is 1. The molecule has 2 fully saturated rings. The van der Waals surface area contributed by atoms with Gasteiger partial charge in [0.1, 0.15) is 0 Å². The van der Waals surface area contributed by atoms with Crippen LogP contribution in [0, 0.1) is 0 Å². The molecule has 0 aromatic carbocycles. The molecule has 4 heteroatoms. The number of likely N-dealkylation sites (N-methyl/N-ethyl adjacent to an activating group) is 1. The van der Waals surface area contributed by atoms with Crippen molar-refractivity contribution in [1.29, 1.82) is 0 Å². The van der Waals surface area contributed by atoms with E-state index in [1.54, 1.807) is 0 Å². The molecule has 1 atom stereocenters. The van der Waals surface area contributed by atoms with Crippen LogP contribution in [0.25, 0.3) is 0 Å². The molecule has 2 heterocycles. The summed E-state index contributed by atoms with van der Waals surface area (Å²) in [5.41, 5.74) is 0. The Kier molecular flexibility index (Phi) is 5.45. The first-order valence-electron chi connectivity index (χ1n) is 7.45. The summed E-state index contributed by atoms with van der Waals surface area (Å²) in [4.78, 5) is 16.4. The third kappa shape index (κ3) is 4.25. The van der Waals surface area contributed by atoms with Crippen LogP contribution < -0.4 is 5.32 Å². The van der Waals surface area contributed by atoms with Gasteiger partial charge in [-0.2, -0.15) is 0 Å². The first-order valence-corrected chi connectivity index (χ1v) is 7.45. The molecular formula is C14H27N3O. The second-order valence-corrected chi connectivity index (χ2v) is 5.72. The third-order valence-electron chi connectivity index (χ3n) is 4.17. The van der Waals surface area contributed by atoms with Gasteiger partial charge in [-0.15, -0.1) is 0 Å². The van der Waals surface area contributed by atoms with Gasteiger partial charge in [0.25, 0.3) is 0 Å². The zero-order chi connectivity index (χ0) is 12.8. The number of hydrogen-bond acceptors (Lipinski definition) is 3. The van der Waals surface area contributed by atoms with Crippen molar-refractivity contribution in [3.8, 4) is 0 Å². The largest absolute Gasteiger partial charge is 0.344 e. The van der Waals surface area contributed by atoms with Crippen molar-refractivity contribution in [3.63, 3.8) is 0 Å². The maximum absolute atomic E-state index is 12.0. The number of carbonyl (C=O) groups is 1. The maximum Gasteiger partial charge on any atom is 0.223 e. The van der Waals surface area contributed by atoms with Gasteiger partial charge in [-0.3, -0.25) is 4.79 Å². The first-order chi connectivity index (χ1) is 8.75. The lowest BCUT2D eigenvalue weighted by Crippen LogP contribution is -2.44. The predicted molar refractivity (Wildman–Crippen MR) is 73.6 cm³/mol. The Labute approximate surface area is 111 Å². The fraction of sp³-hybridized carbons (Fsp3) is 0.929. The molecule has 18 heavy (non-hydrogen) atoms. The molecule has 1 amide bonds. The number of nitrogens with zero attached hydrogens (tertiary/aromatic N) is 2. The Bertz CT molecular complexity index is 258. The lowest BCUT2D eigenvalue weighted by atomic mass is 10.0. The van der Waals surface area contributed by atoms with Crippen LogP contribution in [0.2, 0.25) is 0 Å². The molecule has 0 saturated carbocycles. The van der Waals surface area contributed by atoms with Crippen molar-refractivity contribution in [3.05, 3.63) is 0 Å². The van der Waals surface area contributed by atoms with Gasteiger partial charge in [-0.1, -0.05) is 6.42 Å². The molecule has 104 valence electrons. The van der Waals surface area contributed by atoms with Gasteiger partial charge in [0.15, 0.2) is 0 Å². The fourth-order valence-electron chi connectivity index (χ4n) is 2.96. The maximum atomic E-state index is 12.0. The lowest BCUT2D eigenvalue weighted by Gasteiger charge is -2.28. The summed E-state index contributed by atoms with van der Waals surface area (Å²) in [6.07, 6.45) is 7.08. The molecule has 2 aliphatic heterocycles. The van der Waals surface area contributed by atoms with Crippen LogP contribution in [0.15, 0.2) is 0 Å². The highest BCUT2D eigenvalue weighted by Crippen LogP contribution is 2.10. The highest BCUT2D eigenvalue weighted by Gasteiger charge is 2.19. The van der Waals surface area contributed by atoms with E-state index in [2.05, 4.69) is 10.2 Å². The lowest BCUT2D eigenvalue weighted by molar-refractivity contribution is -0.130. The Balaban J connectivity index is 1.63. The Morgan fingerprint density at radius 2 is 2.06 bits per heavy atom. The summed E-state index contributed by atoms with van der Waals surface area (Å²) >= 11 is 0. The fourth-order valence-corrected chi connectivity index (χ4v) is 2.96. The molecule has 0 spiro atoms. The van der Waals surface area contributed by atoms with E-state index in [1.807, 2.05) is 11.9 Å². The van der Waals surface area contributed by atoms with Crippen molar-refractivity contribution in [1.82, 2.24) is 15.1 Å². The zero-order valence-corrected chi connectivity index (χ0v) is 11.7. The second-order valence-electron chi connectivity index (χ2n) is 5.72. The summed E-state index contributed by atoms with van der Waals surface area (Å²) < 4.78 is 0. The van der Waals surface area contributed by atoms with Gasteiger partial charge < -0.3 is 15.1 Å². The number of likely N-dealkylation sites (tertiary alicyclic amines) is 1. The normalized spacial score (nSPS) is 25.3. The van der Waals surface area contributed by atoms with E-state index in [-0.39, 0.29) is 0 Å². The number of hydrogen-bond donors (Lipinski definition) is 1. The van der Waals surface area contributed by atoms with Crippen LogP contribution in [0.1, 0.15) is 38.5 Å². The smallest absolute Gasteiger partial charge is 0.223 e. The Hall–Kier alpha value is -0.610. The number of amides is 1. The van der Waals surface area contributed by atoms with Gasteiger partial charge in [-0.05, 0) is 45.3 Å². The van der Waals surface area contributed by atoms with Crippen LogP contribution >= 0.6 is 0 Å². The molecule has 0 radical (unpaired) electrons. The van der Waals surface area contributed by atoms with Gasteiger partial charge in [0.05, 0.1) is 0 Å². The standard InChI is InChI=1S/C14H27N3O/c1-16(12-13-6-2-3-8-15-13)14(18)7-11-17-9-4-5-10-17/h13,15H,2-12H2,1H3. The summed E-state index contributed by atoms with van der Waals surface area (Å²) in [6, 6.07) is 0.513. The molecule has 0 aromatic rings. The Morgan fingerprint density at radius 1 is 1.28 bits per heavy atom. The molecule has 2 rings (SSSR count). The molecule has 0 bridgehead atoms. The van der Waals surface area contributed by atoms with E-state index in [0.717, 1.165) is 19.6 Å². The van der Waals surface area contributed by atoms with E-state index in [4.69, 9.17) is 0 Å². The van der Waals surface area contributed by atoms with Crippen molar-refractivity contribution >= 4 is 5.91 Å². The van der Waals surface area contributed by atoms with E-state index in [9.17, 15) is 4.79 Å². The summed E-state index contributed by atoms with van der Waals surface area (Å²) in [7, 11) is 1.95. The predicted octanol–water partition coefficient (Wildman–Crippen LogP) is 1.07. The van der Waals surface area contributed by atoms with Gasteiger partial charge in [0.2, 0.25) is 5.91 Å². The average Bonchev–Trinajstić information content (AvgIpc) is 2.90. The minimum absolute atomic E-state index is 0.300. The first kappa shape index (κ1) is 13.8. The summed E-state index contributed by atoms with van der Waals surface area (Å²) in [5, 5.41) is 3.50. The highest BCUT2D eigenvalue weighted by molar-refractivity contribution is 5.76. The number of rotatable bonds is 5. The molecule has 0 aliphatic carbocycles. The SMILES string of the molecule is CN(CC1CCCCN1)C(=O)CCN1CCCC1. The average molecular weight is 253 g/mol. The van der Waals surface area contributed by atoms with Crippen LogP contribution in [-0.2, 0) is 4.79 Å². The van der Waals surface area contributed by atoms with E-state index < -0.39 is 0 Å². The monoisotopic (exact) mass is 253 g/mol. The molecule has 2 aliphatic rings. The van der Waals surface area contributed by atoms with E-state index in [0.29, 0.717) is 18.4 Å². The number of nitrogens with one attached hydrogen (secondary N) is 1. The molecular weight excluding hydrogens is 226 g/mol. The molecule has 2 saturated heterocycles. The minimum atomic E-state index is 0.300. The van der Waals surface area contributed by atoms with E-state index >= 15 is 0 Å². The van der Waals surface area contributed by atoms with Crippen LogP contribution in [-0.4, -0.2) is 61.5 Å². The van der Waals surface area contributed by atoms with Crippen molar-refractivity contribution < 1.29 is 4.79 Å². The van der Waals surface area contributed by atoms with Gasteiger partial charge >= 0.3 is 0 Å². The molecule has 1 N–H and O–H groups in total. The van der Waals surface area contributed by atoms with Crippen molar-refractivity contribution in [2.75, 3.05) is 39.8 Å². The molecule has 0 aromatic heterocycles. The van der Waals surface area contributed by atoms with Crippen LogP contribution in [0.3, 0.4) is 0 Å². The molecule has 4 nitrogen and oxygen atoms in total. The summed E-state index contributed by atoms with van der Waals surface area (Å²) in [6.45, 7) is 5.29. The minimum Gasteiger partial charge on any atom is -0.344 e. The second kappa shape index (κ2) is 7.10. The van der Waals surface area contributed by atoms with Gasteiger partial charge in [-0.25, -0.2) is 0 Å². The third-order valence-corrected chi connectivity index (χ3v) is 4.17. The topological polar surface area (TPSA) is 35.6 Å². The van der Waals surface area contributed by atoms with Gasteiger partial charge in [0, 0.05) is 32.6 Å². The quantitative estimate of drug-likeness (QED) is 0.796. The van der Waals surface area contributed by atoms with E-state index in [1.165, 1.54) is 45.2 Å². The summed E-state index contributed by atoms with van der Waals surface area (Å²) in [5.74, 6) is 0.300. The Morgan fingerprint density at radius 3 is 2.72 bits per heavy atom. The van der Waals surface area contributed by atoms with Crippen LogP contribution in [0.5, 0.6) is 0 Å². The molecule has 1 unspecified atom stereocenters.